The van der Waals surface area contributed by atoms with Crippen LogP contribution in [0, 0.1) is 0 Å². The monoisotopic (exact) mass is 244 g/mol. The van der Waals surface area contributed by atoms with Gasteiger partial charge in [-0.3, -0.25) is 4.90 Å². The second kappa shape index (κ2) is 5.02. The summed E-state index contributed by atoms with van der Waals surface area (Å²) in [6.45, 7) is 6.35. The second-order valence-corrected chi connectivity index (χ2v) is 5.19. The van der Waals surface area contributed by atoms with Gasteiger partial charge in [-0.05, 0) is 25.5 Å². The maximum absolute atomic E-state index is 6.05. The highest BCUT2D eigenvalue weighted by molar-refractivity contribution is 5.57. The molecule has 3 rings (SSSR count). The van der Waals surface area contributed by atoms with Crippen LogP contribution < -0.4 is 10.1 Å². The van der Waals surface area contributed by atoms with Gasteiger partial charge in [-0.2, -0.15) is 0 Å². The molecule has 0 aliphatic carbocycles. The van der Waals surface area contributed by atoms with E-state index in [4.69, 9.17) is 4.74 Å². The van der Waals surface area contributed by atoms with Crippen LogP contribution in [0.15, 0.2) is 35.9 Å². The Hall–Kier alpha value is -1.48. The summed E-state index contributed by atoms with van der Waals surface area (Å²) in [6.07, 6.45) is 3.76. The zero-order chi connectivity index (χ0) is 12.4. The lowest BCUT2D eigenvalue weighted by Gasteiger charge is -2.33. The van der Waals surface area contributed by atoms with Crippen molar-refractivity contribution in [2.24, 2.45) is 0 Å². The summed E-state index contributed by atoms with van der Waals surface area (Å²) in [6, 6.07) is 8.17. The molecule has 18 heavy (non-hydrogen) atoms. The van der Waals surface area contributed by atoms with Crippen LogP contribution in [0.1, 0.15) is 13.3 Å². The van der Waals surface area contributed by atoms with Crippen LogP contribution in [-0.2, 0) is 0 Å². The highest BCUT2D eigenvalue weighted by atomic mass is 16.5. The summed E-state index contributed by atoms with van der Waals surface area (Å²) < 4.78 is 6.05. The highest BCUT2D eigenvalue weighted by Gasteiger charge is 2.22. The topological polar surface area (TPSA) is 24.5 Å². The van der Waals surface area contributed by atoms with Crippen molar-refractivity contribution in [1.29, 1.82) is 0 Å². The van der Waals surface area contributed by atoms with E-state index in [-0.39, 0.29) is 6.10 Å². The average molecular weight is 244 g/mol. The average Bonchev–Trinajstić information content (AvgIpc) is 2.39. The normalized spacial score (nSPS) is 23.6. The lowest BCUT2D eigenvalue weighted by molar-refractivity contribution is 0.140. The van der Waals surface area contributed by atoms with Crippen molar-refractivity contribution in [1.82, 2.24) is 4.90 Å². The summed E-state index contributed by atoms with van der Waals surface area (Å²) in [4.78, 5) is 2.48. The highest BCUT2D eigenvalue weighted by Crippen LogP contribution is 2.28. The maximum Gasteiger partial charge on any atom is 0.142 e. The molecule has 2 aliphatic heterocycles. The van der Waals surface area contributed by atoms with Gasteiger partial charge in [-0.15, -0.1) is 0 Å². The lowest BCUT2D eigenvalue weighted by Crippen LogP contribution is -2.43. The number of fused-ring (bicyclic) bond motifs is 1. The van der Waals surface area contributed by atoms with Crippen molar-refractivity contribution in [3.05, 3.63) is 35.9 Å². The third-order valence-electron chi connectivity index (χ3n) is 3.57. The van der Waals surface area contributed by atoms with Crippen LogP contribution in [0.3, 0.4) is 0 Å². The minimum absolute atomic E-state index is 0.255. The summed E-state index contributed by atoms with van der Waals surface area (Å²) in [5, 5.41) is 3.45. The van der Waals surface area contributed by atoms with E-state index >= 15 is 0 Å². The Balaban J connectivity index is 1.61. The molecule has 1 unspecified atom stereocenters. The number of anilines is 1. The zero-order valence-corrected chi connectivity index (χ0v) is 10.9. The van der Waals surface area contributed by atoms with E-state index in [1.165, 1.54) is 12.0 Å². The fourth-order valence-corrected chi connectivity index (χ4v) is 2.70. The largest absolute Gasteiger partial charge is 0.485 e. The van der Waals surface area contributed by atoms with E-state index in [1.54, 1.807) is 0 Å². The third-order valence-corrected chi connectivity index (χ3v) is 3.57. The van der Waals surface area contributed by atoms with Gasteiger partial charge in [0.2, 0.25) is 0 Å². The van der Waals surface area contributed by atoms with Gasteiger partial charge in [0.05, 0.1) is 12.2 Å². The summed E-state index contributed by atoms with van der Waals surface area (Å²) in [7, 11) is 0. The Kier molecular flexibility index (Phi) is 3.24. The van der Waals surface area contributed by atoms with Gasteiger partial charge in [0, 0.05) is 19.6 Å². The van der Waals surface area contributed by atoms with E-state index in [2.05, 4.69) is 29.3 Å². The quantitative estimate of drug-likeness (QED) is 0.809. The zero-order valence-electron chi connectivity index (χ0n) is 10.9. The third kappa shape index (κ3) is 2.51. The summed E-state index contributed by atoms with van der Waals surface area (Å²) in [5.41, 5.74) is 2.59. The number of nitrogens with zero attached hydrogens (tertiary/aromatic N) is 1. The SMILES string of the molecule is CC1=CCCN(CC2CNc3ccccc3O2)C1. The Labute approximate surface area is 108 Å². The molecule has 3 heteroatoms. The molecule has 0 spiro atoms. The molecule has 0 saturated heterocycles. The van der Waals surface area contributed by atoms with Crippen LogP contribution >= 0.6 is 0 Å². The van der Waals surface area contributed by atoms with Crippen molar-refractivity contribution < 1.29 is 4.74 Å². The number of hydrogen-bond acceptors (Lipinski definition) is 3. The minimum atomic E-state index is 0.255. The van der Waals surface area contributed by atoms with Gasteiger partial charge >= 0.3 is 0 Å². The number of nitrogens with one attached hydrogen (secondary N) is 1. The first kappa shape index (κ1) is 11.6. The predicted octanol–water partition coefficient (Wildman–Crippen LogP) is 2.51. The van der Waals surface area contributed by atoms with Gasteiger partial charge in [0.15, 0.2) is 0 Å². The number of ether oxygens (including phenoxy) is 1. The van der Waals surface area contributed by atoms with Crippen molar-refractivity contribution >= 4 is 5.69 Å². The van der Waals surface area contributed by atoms with E-state index < -0.39 is 0 Å². The molecule has 0 bridgehead atoms. The van der Waals surface area contributed by atoms with Crippen molar-refractivity contribution in [2.45, 2.75) is 19.4 Å². The minimum Gasteiger partial charge on any atom is -0.485 e. The van der Waals surface area contributed by atoms with Crippen molar-refractivity contribution in [3.8, 4) is 5.75 Å². The lowest BCUT2D eigenvalue weighted by atomic mass is 10.1. The molecule has 1 aromatic carbocycles. The van der Waals surface area contributed by atoms with E-state index in [1.807, 2.05) is 18.2 Å². The molecule has 0 radical (unpaired) electrons. The van der Waals surface area contributed by atoms with Gasteiger partial charge in [0.1, 0.15) is 11.9 Å². The standard InChI is InChI=1S/C15H20N2O/c1-12-5-4-8-17(10-12)11-13-9-16-14-6-2-3-7-15(14)18-13/h2-3,5-7,13,16H,4,8-11H2,1H3. The van der Waals surface area contributed by atoms with Crippen LogP contribution in [0.4, 0.5) is 5.69 Å². The fourth-order valence-electron chi connectivity index (χ4n) is 2.70. The molecule has 96 valence electrons. The van der Waals surface area contributed by atoms with Gasteiger partial charge in [-0.25, -0.2) is 0 Å². The van der Waals surface area contributed by atoms with Crippen molar-refractivity contribution in [3.63, 3.8) is 0 Å². The number of rotatable bonds is 2. The Morgan fingerprint density at radius 1 is 1.39 bits per heavy atom. The van der Waals surface area contributed by atoms with Gasteiger partial charge in [-0.1, -0.05) is 23.8 Å². The first-order chi connectivity index (χ1) is 8.81. The molecule has 0 saturated carbocycles. The Morgan fingerprint density at radius 3 is 3.17 bits per heavy atom. The number of benzene rings is 1. The smallest absolute Gasteiger partial charge is 0.142 e. The van der Waals surface area contributed by atoms with E-state index in [0.717, 1.165) is 37.6 Å². The molecule has 3 nitrogen and oxygen atoms in total. The van der Waals surface area contributed by atoms with Crippen molar-refractivity contribution in [2.75, 3.05) is 31.5 Å². The van der Waals surface area contributed by atoms with Crippen LogP contribution in [0.25, 0.3) is 0 Å². The predicted molar refractivity (Wildman–Crippen MR) is 74.2 cm³/mol. The first-order valence-electron chi connectivity index (χ1n) is 6.69. The molecule has 2 aliphatic rings. The van der Waals surface area contributed by atoms with Crippen LogP contribution in [0.2, 0.25) is 0 Å². The Bertz CT molecular complexity index is 456. The molecule has 0 fully saturated rings. The van der Waals surface area contributed by atoms with E-state index in [0.29, 0.717) is 0 Å². The molecule has 0 amide bonds. The van der Waals surface area contributed by atoms with E-state index in [9.17, 15) is 0 Å². The molecule has 1 aromatic rings. The molecule has 1 atom stereocenters. The first-order valence-corrected chi connectivity index (χ1v) is 6.69. The second-order valence-electron chi connectivity index (χ2n) is 5.19. The molecule has 2 heterocycles. The fraction of sp³-hybridized carbons (Fsp3) is 0.467. The van der Waals surface area contributed by atoms with Gasteiger partial charge < -0.3 is 10.1 Å². The summed E-state index contributed by atoms with van der Waals surface area (Å²) >= 11 is 0. The number of para-hydroxylation sites is 2. The maximum atomic E-state index is 6.05. The van der Waals surface area contributed by atoms with Crippen LogP contribution in [0.5, 0.6) is 5.75 Å². The summed E-state index contributed by atoms with van der Waals surface area (Å²) in [5.74, 6) is 0.984. The Morgan fingerprint density at radius 2 is 2.28 bits per heavy atom. The van der Waals surface area contributed by atoms with Crippen LogP contribution in [-0.4, -0.2) is 37.2 Å². The van der Waals surface area contributed by atoms with Gasteiger partial charge in [0.25, 0.3) is 0 Å². The number of hydrogen-bond donors (Lipinski definition) is 1. The molecule has 0 aromatic heterocycles. The molecular weight excluding hydrogens is 224 g/mol. The molecule has 1 N–H and O–H groups in total. The molecular formula is C15H20N2O.